The zero-order valence-corrected chi connectivity index (χ0v) is 17.0. The maximum Gasteiger partial charge on any atom is 0.311 e. The van der Waals surface area contributed by atoms with Crippen molar-refractivity contribution in [3.05, 3.63) is 51.9 Å². The Hall–Kier alpha value is -2.71. The molecule has 0 radical (unpaired) electrons. The Morgan fingerprint density at radius 3 is 2.66 bits per heavy atom. The molecule has 0 spiro atoms. The Morgan fingerprint density at radius 1 is 1.24 bits per heavy atom. The summed E-state index contributed by atoms with van der Waals surface area (Å²) in [7, 11) is 1.33. The lowest BCUT2D eigenvalue weighted by molar-refractivity contribution is -0.139. The summed E-state index contributed by atoms with van der Waals surface area (Å²) in [6.45, 7) is 6.85. The number of carbonyl (C=O) groups excluding carboxylic acids is 1. The van der Waals surface area contributed by atoms with E-state index in [0.717, 1.165) is 39.3 Å². The maximum absolute atomic E-state index is 13.1. The summed E-state index contributed by atoms with van der Waals surface area (Å²) in [4.78, 5) is 31.9. The van der Waals surface area contributed by atoms with Crippen LogP contribution in [-0.2, 0) is 20.7 Å². The van der Waals surface area contributed by atoms with Crippen molar-refractivity contribution < 1.29 is 14.3 Å². The van der Waals surface area contributed by atoms with Gasteiger partial charge in [0.1, 0.15) is 0 Å². The van der Waals surface area contributed by atoms with Gasteiger partial charge in [0, 0.05) is 31.9 Å². The van der Waals surface area contributed by atoms with Gasteiger partial charge in [0.15, 0.2) is 0 Å². The molecule has 1 N–H and O–H groups in total. The lowest BCUT2D eigenvalue weighted by Crippen LogP contribution is -2.37. The molecule has 0 aliphatic carbocycles. The molecular formula is C21H28N4O4. The zero-order chi connectivity index (χ0) is 20.6. The molecule has 156 valence electrons. The highest BCUT2D eigenvalue weighted by molar-refractivity contribution is 6.00. The van der Waals surface area contributed by atoms with Crippen LogP contribution in [-0.4, -0.2) is 72.9 Å². The largest absolute Gasteiger partial charge is 0.469 e. The number of aliphatic imine (C=N–C) groups is 1. The maximum atomic E-state index is 13.1. The number of morpholine rings is 1. The van der Waals surface area contributed by atoms with E-state index >= 15 is 0 Å². The first-order valence-corrected chi connectivity index (χ1v) is 9.88. The number of benzene rings is 1. The smallest absolute Gasteiger partial charge is 0.311 e. The highest BCUT2D eigenvalue weighted by atomic mass is 16.5. The van der Waals surface area contributed by atoms with Crippen LogP contribution in [0.2, 0.25) is 0 Å². The number of carbonyl (C=O) groups is 1. The quantitative estimate of drug-likeness (QED) is 0.411. The third-order valence-corrected chi connectivity index (χ3v) is 4.98. The molecule has 29 heavy (non-hydrogen) atoms. The van der Waals surface area contributed by atoms with E-state index in [4.69, 9.17) is 9.47 Å². The van der Waals surface area contributed by atoms with Crippen LogP contribution >= 0.6 is 0 Å². The Morgan fingerprint density at radius 2 is 1.97 bits per heavy atom. The molecule has 0 unspecified atom stereocenters. The normalized spacial score (nSPS) is 15.4. The van der Waals surface area contributed by atoms with E-state index in [9.17, 15) is 9.59 Å². The van der Waals surface area contributed by atoms with Crippen molar-refractivity contribution in [3.63, 3.8) is 0 Å². The summed E-state index contributed by atoms with van der Waals surface area (Å²) >= 11 is 0. The highest BCUT2D eigenvalue weighted by Gasteiger charge is 2.20. The average molecular weight is 400 g/mol. The van der Waals surface area contributed by atoms with E-state index < -0.39 is 5.97 Å². The van der Waals surface area contributed by atoms with E-state index in [-0.39, 0.29) is 12.0 Å². The number of nitrogens with zero attached hydrogens (tertiary/aromatic N) is 3. The monoisotopic (exact) mass is 400 g/mol. The van der Waals surface area contributed by atoms with Crippen LogP contribution < -0.4 is 5.56 Å². The zero-order valence-electron chi connectivity index (χ0n) is 17.0. The van der Waals surface area contributed by atoms with Crippen LogP contribution in [0.4, 0.5) is 0 Å². The second kappa shape index (κ2) is 10.2. The van der Waals surface area contributed by atoms with Crippen molar-refractivity contribution in [1.82, 2.24) is 14.7 Å². The fraction of sp³-hybridized carbons (Fsp3) is 0.476. The van der Waals surface area contributed by atoms with Gasteiger partial charge in [-0.3, -0.25) is 24.6 Å². The van der Waals surface area contributed by atoms with Crippen molar-refractivity contribution >= 4 is 11.7 Å². The van der Waals surface area contributed by atoms with E-state index in [1.807, 2.05) is 37.3 Å². The summed E-state index contributed by atoms with van der Waals surface area (Å²) in [5.74, 6) is -0.409. The molecule has 3 rings (SSSR count). The lowest BCUT2D eigenvalue weighted by atomic mass is 10.1. The van der Waals surface area contributed by atoms with Crippen molar-refractivity contribution in [1.29, 1.82) is 0 Å². The number of ether oxygens (including phenoxy) is 2. The van der Waals surface area contributed by atoms with Crippen molar-refractivity contribution in [3.8, 4) is 5.69 Å². The van der Waals surface area contributed by atoms with E-state index in [1.165, 1.54) is 11.8 Å². The molecule has 0 saturated carbocycles. The predicted octanol–water partition coefficient (Wildman–Crippen LogP) is 1.41. The van der Waals surface area contributed by atoms with Gasteiger partial charge in [-0.05, 0) is 25.5 Å². The SMILES string of the molecule is COC(=O)Cc1[nH]n(-c2ccccc2)c(=O)c1C(C)=NCCCN1CCOCC1. The molecule has 8 heteroatoms. The van der Waals surface area contributed by atoms with E-state index in [2.05, 4.69) is 15.0 Å². The van der Waals surface area contributed by atoms with Crippen LogP contribution in [0.5, 0.6) is 0 Å². The summed E-state index contributed by atoms with van der Waals surface area (Å²) in [6, 6.07) is 9.26. The number of methoxy groups -OCH3 is 1. The van der Waals surface area contributed by atoms with Crippen LogP contribution in [0.3, 0.4) is 0 Å². The van der Waals surface area contributed by atoms with Gasteiger partial charge < -0.3 is 9.47 Å². The molecule has 1 aromatic heterocycles. The first kappa shape index (κ1) is 21.0. The molecule has 2 heterocycles. The summed E-state index contributed by atoms with van der Waals surface area (Å²) in [6.07, 6.45) is 0.891. The minimum atomic E-state index is -0.409. The van der Waals surface area contributed by atoms with Crippen molar-refractivity contribution in [2.24, 2.45) is 4.99 Å². The van der Waals surface area contributed by atoms with Crippen LogP contribution in [0.15, 0.2) is 40.1 Å². The van der Waals surface area contributed by atoms with Gasteiger partial charge in [-0.25, -0.2) is 4.68 Å². The fourth-order valence-corrected chi connectivity index (χ4v) is 3.40. The van der Waals surface area contributed by atoms with Gasteiger partial charge in [0.05, 0.1) is 43.7 Å². The Bertz CT molecular complexity index is 895. The first-order valence-electron chi connectivity index (χ1n) is 9.88. The molecule has 1 aliphatic rings. The second-order valence-corrected chi connectivity index (χ2v) is 6.97. The van der Waals surface area contributed by atoms with Gasteiger partial charge in [-0.2, -0.15) is 0 Å². The van der Waals surface area contributed by atoms with Crippen molar-refractivity contribution in [2.75, 3.05) is 46.5 Å². The minimum absolute atomic E-state index is 0.0124. The lowest BCUT2D eigenvalue weighted by Gasteiger charge is -2.26. The Kier molecular flexibility index (Phi) is 7.37. The van der Waals surface area contributed by atoms with E-state index in [0.29, 0.717) is 29.2 Å². The molecule has 2 aromatic rings. The predicted molar refractivity (Wildman–Crippen MR) is 111 cm³/mol. The van der Waals surface area contributed by atoms with Gasteiger partial charge in [-0.1, -0.05) is 18.2 Å². The standard InChI is InChI=1S/C21H28N4O4/c1-16(22-9-6-10-24-11-13-29-14-12-24)20-18(15-19(26)28-2)23-25(21(20)27)17-7-4-3-5-8-17/h3-5,7-8,23H,6,9-15H2,1-2H3. The Balaban J connectivity index is 1.78. The molecule has 1 aliphatic heterocycles. The number of aromatic amines is 1. The average Bonchev–Trinajstić information content (AvgIpc) is 3.08. The highest BCUT2D eigenvalue weighted by Crippen LogP contribution is 2.11. The number of hydrogen-bond acceptors (Lipinski definition) is 6. The number of hydrogen-bond donors (Lipinski definition) is 1. The first-order chi connectivity index (χ1) is 14.1. The minimum Gasteiger partial charge on any atom is -0.469 e. The summed E-state index contributed by atoms with van der Waals surface area (Å²) < 4.78 is 11.6. The number of esters is 1. The summed E-state index contributed by atoms with van der Waals surface area (Å²) in [5.41, 5.74) is 2.06. The number of H-pyrrole nitrogens is 1. The molecule has 1 fully saturated rings. The molecule has 8 nitrogen and oxygen atoms in total. The number of para-hydroxylation sites is 1. The fourth-order valence-electron chi connectivity index (χ4n) is 3.40. The van der Waals surface area contributed by atoms with Gasteiger partial charge in [0.25, 0.3) is 5.56 Å². The van der Waals surface area contributed by atoms with Gasteiger partial charge in [-0.15, -0.1) is 0 Å². The third-order valence-electron chi connectivity index (χ3n) is 4.98. The number of rotatable bonds is 8. The molecule has 0 atom stereocenters. The topological polar surface area (TPSA) is 88.9 Å². The molecular weight excluding hydrogens is 372 g/mol. The number of aromatic nitrogens is 2. The summed E-state index contributed by atoms with van der Waals surface area (Å²) in [5, 5.41) is 3.05. The van der Waals surface area contributed by atoms with Gasteiger partial charge >= 0.3 is 5.97 Å². The van der Waals surface area contributed by atoms with E-state index in [1.54, 1.807) is 0 Å². The van der Waals surface area contributed by atoms with Crippen molar-refractivity contribution in [2.45, 2.75) is 19.8 Å². The van der Waals surface area contributed by atoms with Crippen LogP contribution in [0.25, 0.3) is 5.69 Å². The molecule has 0 amide bonds. The molecule has 1 aromatic carbocycles. The van der Waals surface area contributed by atoms with Gasteiger partial charge in [0.2, 0.25) is 0 Å². The molecule has 0 bridgehead atoms. The Labute approximate surface area is 170 Å². The third kappa shape index (κ3) is 5.42. The number of nitrogens with one attached hydrogen (secondary N) is 1. The molecule has 1 saturated heterocycles. The van der Waals surface area contributed by atoms with Crippen LogP contribution in [0, 0.1) is 0 Å². The van der Waals surface area contributed by atoms with Crippen LogP contribution in [0.1, 0.15) is 24.6 Å². The second-order valence-electron chi connectivity index (χ2n) is 6.97.